The Bertz CT molecular complexity index is 810. The summed E-state index contributed by atoms with van der Waals surface area (Å²) in [6.07, 6.45) is 7.63. The summed E-state index contributed by atoms with van der Waals surface area (Å²) in [5.74, 6) is 0. The predicted molar refractivity (Wildman–Crippen MR) is 105 cm³/mol. The molecule has 0 spiro atoms. The number of nitrogens with zero attached hydrogens (tertiary/aromatic N) is 3. The molecule has 0 amide bonds. The molecule has 0 saturated heterocycles. The number of halogens is 1. The van der Waals surface area contributed by atoms with E-state index >= 15 is 0 Å². The van der Waals surface area contributed by atoms with E-state index in [1.54, 1.807) is 22.9 Å². The highest BCUT2D eigenvalue weighted by Crippen LogP contribution is 2.15. The number of fused-ring (bicyclic) bond motifs is 1. The quantitative estimate of drug-likeness (QED) is 0.441. The van der Waals surface area contributed by atoms with E-state index in [-0.39, 0.29) is 10.7 Å². The fourth-order valence-electron chi connectivity index (χ4n) is 2.83. The van der Waals surface area contributed by atoms with Crippen LogP contribution in [0.3, 0.4) is 0 Å². The molecule has 0 radical (unpaired) electrons. The van der Waals surface area contributed by atoms with Gasteiger partial charge in [0.2, 0.25) is 0 Å². The number of allylic oxidation sites excluding steroid dienone is 4. The van der Waals surface area contributed by atoms with E-state index in [9.17, 15) is 4.79 Å². The molecule has 25 heavy (non-hydrogen) atoms. The van der Waals surface area contributed by atoms with Crippen LogP contribution in [0.4, 0.5) is 0 Å². The highest BCUT2D eigenvalue weighted by Gasteiger charge is 2.23. The third kappa shape index (κ3) is 4.81. The lowest BCUT2D eigenvalue weighted by atomic mass is 10.1. The van der Waals surface area contributed by atoms with Gasteiger partial charge < -0.3 is 0 Å². The van der Waals surface area contributed by atoms with Crippen molar-refractivity contribution < 1.29 is 0 Å². The Balaban J connectivity index is 2.17. The van der Waals surface area contributed by atoms with E-state index in [0.717, 1.165) is 29.1 Å². The highest BCUT2D eigenvalue weighted by molar-refractivity contribution is 6.29. The van der Waals surface area contributed by atoms with Gasteiger partial charge in [-0.3, -0.25) is 14.8 Å². The zero-order chi connectivity index (χ0) is 18.4. The SMILES string of the molecule is C=C/C=C(\C=C)Cn1[nH]c2c(c1=O)CCN(C/C(C=C)=N/C(=C)Cl)C2. The van der Waals surface area contributed by atoms with Crippen LogP contribution in [0.15, 0.2) is 71.1 Å². The maximum absolute atomic E-state index is 12.6. The molecule has 0 atom stereocenters. The minimum Gasteiger partial charge on any atom is -0.298 e. The van der Waals surface area contributed by atoms with Gasteiger partial charge in [-0.15, -0.1) is 0 Å². The zero-order valence-corrected chi connectivity index (χ0v) is 15.1. The molecular weight excluding hydrogens is 336 g/mol. The van der Waals surface area contributed by atoms with Crippen LogP contribution in [0.25, 0.3) is 0 Å². The number of nitrogens with one attached hydrogen (secondary N) is 1. The van der Waals surface area contributed by atoms with Crippen molar-refractivity contribution in [3.63, 3.8) is 0 Å². The Kier molecular flexibility index (Phi) is 6.56. The first-order valence-corrected chi connectivity index (χ1v) is 8.37. The van der Waals surface area contributed by atoms with Crippen molar-refractivity contribution in [1.82, 2.24) is 14.7 Å². The number of rotatable bonds is 8. The Labute approximate surface area is 153 Å². The highest BCUT2D eigenvalue weighted by atomic mass is 35.5. The molecule has 0 fully saturated rings. The summed E-state index contributed by atoms with van der Waals surface area (Å²) in [5, 5.41) is 3.45. The number of aromatic amines is 1. The molecule has 6 heteroatoms. The normalized spacial score (nSPS) is 15.6. The fraction of sp³-hybridized carbons (Fsp3) is 0.263. The molecule has 1 N–H and O–H groups in total. The minimum absolute atomic E-state index is 0.0261. The van der Waals surface area contributed by atoms with Gasteiger partial charge in [-0.05, 0) is 18.1 Å². The number of hydrogen-bond acceptors (Lipinski definition) is 3. The van der Waals surface area contributed by atoms with Crippen LogP contribution in [0, 0.1) is 0 Å². The number of hydrogen-bond donors (Lipinski definition) is 1. The zero-order valence-electron chi connectivity index (χ0n) is 14.3. The molecular formula is C19H23ClN4O. The first kappa shape index (κ1) is 19.0. The molecule has 0 saturated carbocycles. The summed E-state index contributed by atoms with van der Waals surface area (Å²) >= 11 is 5.74. The van der Waals surface area contributed by atoms with Crippen molar-refractivity contribution in [3.8, 4) is 0 Å². The van der Waals surface area contributed by atoms with E-state index < -0.39 is 0 Å². The number of aromatic nitrogens is 2. The van der Waals surface area contributed by atoms with Crippen molar-refractivity contribution in [3.05, 3.63) is 83.0 Å². The van der Waals surface area contributed by atoms with Gasteiger partial charge in [0.1, 0.15) is 5.16 Å². The summed E-state index contributed by atoms with van der Waals surface area (Å²) in [6, 6.07) is 0. The van der Waals surface area contributed by atoms with Crippen LogP contribution in [0.2, 0.25) is 0 Å². The van der Waals surface area contributed by atoms with Crippen molar-refractivity contribution in [1.29, 1.82) is 0 Å². The molecule has 0 aromatic carbocycles. The Morgan fingerprint density at radius 2 is 2.04 bits per heavy atom. The summed E-state index contributed by atoms with van der Waals surface area (Å²) in [4.78, 5) is 18.9. The first-order valence-electron chi connectivity index (χ1n) is 7.99. The van der Waals surface area contributed by atoms with Crippen LogP contribution in [-0.2, 0) is 19.5 Å². The van der Waals surface area contributed by atoms with Gasteiger partial charge in [-0.25, -0.2) is 9.67 Å². The van der Waals surface area contributed by atoms with E-state index in [1.165, 1.54) is 0 Å². The predicted octanol–water partition coefficient (Wildman–Crippen LogP) is 3.17. The standard InChI is InChI=1S/C19H23ClN4O/c1-5-8-15(6-2)11-24-19(25)17-9-10-23(13-18(17)22-24)12-16(7-3)21-14(4)20/h5-8,22H,1-4,9-13H2/b15-8+,21-16+. The van der Waals surface area contributed by atoms with Crippen LogP contribution >= 0.6 is 11.6 Å². The lowest BCUT2D eigenvalue weighted by Gasteiger charge is -2.25. The topological polar surface area (TPSA) is 53.4 Å². The van der Waals surface area contributed by atoms with Gasteiger partial charge >= 0.3 is 0 Å². The molecule has 5 nitrogen and oxygen atoms in total. The van der Waals surface area contributed by atoms with Crippen molar-refractivity contribution in [2.45, 2.75) is 19.5 Å². The Hall–Kier alpha value is -2.37. The van der Waals surface area contributed by atoms with E-state index in [1.807, 2.05) is 6.08 Å². The molecule has 0 bridgehead atoms. The smallest absolute Gasteiger partial charge is 0.270 e. The van der Waals surface area contributed by atoms with Crippen molar-refractivity contribution in [2.75, 3.05) is 13.1 Å². The largest absolute Gasteiger partial charge is 0.298 e. The second-order valence-electron chi connectivity index (χ2n) is 5.79. The average molecular weight is 359 g/mol. The lowest BCUT2D eigenvalue weighted by molar-refractivity contribution is 0.286. The van der Waals surface area contributed by atoms with Crippen LogP contribution in [0.5, 0.6) is 0 Å². The van der Waals surface area contributed by atoms with Gasteiger partial charge in [0.15, 0.2) is 0 Å². The molecule has 1 aliphatic rings. The van der Waals surface area contributed by atoms with Crippen LogP contribution in [-0.4, -0.2) is 33.5 Å². The maximum atomic E-state index is 12.6. The van der Waals surface area contributed by atoms with Gasteiger partial charge in [-0.1, -0.05) is 56.1 Å². The van der Waals surface area contributed by atoms with E-state index in [4.69, 9.17) is 11.6 Å². The van der Waals surface area contributed by atoms with Gasteiger partial charge in [-0.2, -0.15) is 0 Å². The molecule has 132 valence electrons. The van der Waals surface area contributed by atoms with E-state index in [2.05, 4.69) is 41.3 Å². The molecule has 1 aromatic rings. The van der Waals surface area contributed by atoms with Crippen LogP contribution in [0.1, 0.15) is 11.3 Å². The monoisotopic (exact) mass is 358 g/mol. The van der Waals surface area contributed by atoms with Crippen molar-refractivity contribution in [2.24, 2.45) is 4.99 Å². The first-order chi connectivity index (χ1) is 12.0. The third-order valence-electron chi connectivity index (χ3n) is 4.02. The molecule has 0 aliphatic carbocycles. The van der Waals surface area contributed by atoms with Gasteiger partial charge in [0.25, 0.3) is 5.56 Å². The van der Waals surface area contributed by atoms with Crippen LogP contribution < -0.4 is 5.56 Å². The Morgan fingerprint density at radius 1 is 1.28 bits per heavy atom. The molecule has 1 aliphatic heterocycles. The summed E-state index contributed by atoms with van der Waals surface area (Å²) in [6.45, 7) is 17.3. The Morgan fingerprint density at radius 3 is 2.64 bits per heavy atom. The van der Waals surface area contributed by atoms with Gasteiger partial charge in [0, 0.05) is 25.2 Å². The lowest BCUT2D eigenvalue weighted by Crippen LogP contribution is -2.35. The second-order valence-corrected chi connectivity index (χ2v) is 6.22. The number of H-pyrrole nitrogens is 1. The summed E-state index contributed by atoms with van der Waals surface area (Å²) in [5.41, 5.74) is 3.49. The fourth-order valence-corrected chi connectivity index (χ4v) is 2.94. The molecule has 0 unspecified atom stereocenters. The number of aliphatic imine (C=N–C) groups is 1. The minimum atomic E-state index is 0.0261. The van der Waals surface area contributed by atoms with E-state index in [0.29, 0.717) is 26.1 Å². The molecule has 1 aromatic heterocycles. The van der Waals surface area contributed by atoms with Gasteiger partial charge in [0.05, 0.1) is 18.0 Å². The summed E-state index contributed by atoms with van der Waals surface area (Å²) < 4.78 is 1.62. The third-order valence-corrected chi connectivity index (χ3v) is 4.10. The molecule has 2 heterocycles. The average Bonchev–Trinajstić information content (AvgIpc) is 2.88. The second kappa shape index (κ2) is 8.65. The molecule has 2 rings (SSSR count). The summed E-state index contributed by atoms with van der Waals surface area (Å²) in [7, 11) is 0. The maximum Gasteiger partial charge on any atom is 0.270 e. The van der Waals surface area contributed by atoms with Crippen molar-refractivity contribution >= 4 is 17.3 Å².